The molecule has 0 spiro atoms. The Balaban J connectivity index is 3.80. The Morgan fingerprint density at radius 2 is 2.00 bits per heavy atom. The van der Waals surface area contributed by atoms with Gasteiger partial charge in [-0.25, -0.2) is 0 Å². The average Bonchev–Trinajstić information content (AvgIpc) is 1.86. The zero-order chi connectivity index (χ0) is 7.49. The minimum absolute atomic E-state index is 0.0787. The van der Waals surface area contributed by atoms with Gasteiger partial charge in [0, 0.05) is 0 Å². The summed E-state index contributed by atoms with van der Waals surface area (Å²) in [5, 5.41) is 26.4. The topological polar surface area (TPSA) is 60.7 Å². The van der Waals surface area contributed by atoms with Gasteiger partial charge in [0.1, 0.15) is 11.7 Å². The Bertz CT molecular complexity index is 80.4. The highest BCUT2D eigenvalue weighted by Crippen LogP contribution is 2.18. The lowest BCUT2D eigenvalue weighted by Crippen LogP contribution is -2.36. The normalized spacial score (nSPS) is 18.0. The Hall–Kier alpha value is -0.120. The maximum absolute atomic E-state index is 9.05. The molecule has 1 unspecified atom stereocenters. The predicted octanol–water partition coefficient (Wildman–Crippen LogP) is 0.0442. The lowest BCUT2D eigenvalue weighted by Gasteiger charge is -2.24. The molecule has 3 nitrogen and oxygen atoms in total. The van der Waals surface area contributed by atoms with Crippen LogP contribution in [0.1, 0.15) is 20.3 Å². The van der Waals surface area contributed by atoms with E-state index in [9.17, 15) is 0 Å². The van der Waals surface area contributed by atoms with E-state index in [1.165, 1.54) is 6.92 Å². The van der Waals surface area contributed by atoms with E-state index < -0.39 is 12.2 Å². The third kappa shape index (κ3) is 2.30. The second-order valence-corrected chi connectivity index (χ2v) is 2.23. The number of hydrogen-bond donors (Lipinski definition) is 3. The van der Waals surface area contributed by atoms with Crippen molar-refractivity contribution in [2.24, 2.45) is 0 Å². The molecule has 0 bridgehead atoms. The quantitative estimate of drug-likeness (QED) is 0.509. The summed E-state index contributed by atoms with van der Waals surface area (Å²) in [5.41, 5.74) is -1.42. The summed E-state index contributed by atoms with van der Waals surface area (Å²) in [4.78, 5) is 0. The van der Waals surface area contributed by atoms with Crippen molar-refractivity contribution in [3.8, 4) is 0 Å². The van der Waals surface area contributed by atoms with E-state index in [-0.39, 0.29) is 6.10 Å². The highest BCUT2D eigenvalue weighted by molar-refractivity contribution is 4.94. The van der Waals surface area contributed by atoms with E-state index in [1.54, 1.807) is 6.92 Å². The highest BCUT2D eigenvalue weighted by atomic mass is 16.4. The lowest BCUT2D eigenvalue weighted by atomic mass is 9.99. The maximum Gasteiger partial charge on any atom is 0.126 e. The summed E-state index contributed by atoms with van der Waals surface area (Å²) in [6, 6.07) is 0. The van der Waals surface area contributed by atoms with Crippen LogP contribution >= 0.6 is 0 Å². The molecule has 55 valence electrons. The van der Waals surface area contributed by atoms with Crippen molar-refractivity contribution in [2.45, 2.75) is 25.9 Å². The average molecular weight is 133 g/mol. The van der Waals surface area contributed by atoms with Crippen LogP contribution in [0.5, 0.6) is 0 Å². The van der Waals surface area contributed by atoms with Gasteiger partial charge in [-0.1, -0.05) is 6.92 Å². The molecule has 0 saturated heterocycles. The maximum atomic E-state index is 9.05. The number of aliphatic hydroxyl groups is 3. The Labute approximate surface area is 54.9 Å². The lowest BCUT2D eigenvalue weighted by molar-refractivity contribution is -0.0378. The summed E-state index contributed by atoms with van der Waals surface area (Å²) in [6.07, 6.45) is 0.290. The van der Waals surface area contributed by atoms with Gasteiger partial charge in [0.25, 0.3) is 0 Å². The fourth-order valence-corrected chi connectivity index (χ4v) is 0.472. The van der Waals surface area contributed by atoms with Crippen molar-refractivity contribution in [1.29, 1.82) is 0 Å². The molecule has 0 saturated carbocycles. The third-order valence-corrected chi connectivity index (χ3v) is 1.26. The monoisotopic (exact) mass is 133 g/mol. The van der Waals surface area contributed by atoms with E-state index in [4.69, 9.17) is 15.3 Å². The van der Waals surface area contributed by atoms with Crippen molar-refractivity contribution in [3.05, 3.63) is 6.10 Å². The summed E-state index contributed by atoms with van der Waals surface area (Å²) < 4.78 is 0. The Kier molecular flexibility index (Phi) is 3.11. The molecule has 0 fully saturated rings. The predicted molar refractivity (Wildman–Crippen MR) is 33.2 cm³/mol. The zero-order valence-corrected chi connectivity index (χ0v) is 5.76. The molecule has 1 atom stereocenters. The second kappa shape index (κ2) is 3.15. The first-order chi connectivity index (χ1) is 4.04. The van der Waals surface area contributed by atoms with Crippen molar-refractivity contribution in [3.63, 3.8) is 0 Å². The summed E-state index contributed by atoms with van der Waals surface area (Å²) in [6.45, 7) is 2.64. The minimum Gasteiger partial charge on any atom is -0.393 e. The zero-order valence-electron chi connectivity index (χ0n) is 5.76. The van der Waals surface area contributed by atoms with Crippen LogP contribution in [-0.2, 0) is 0 Å². The molecule has 0 aliphatic heterocycles. The van der Waals surface area contributed by atoms with Gasteiger partial charge in [-0.05, 0) is 13.3 Å². The van der Waals surface area contributed by atoms with Gasteiger partial charge < -0.3 is 15.3 Å². The SMILES string of the molecule is CC[C](O)C(C)(O)CO. The van der Waals surface area contributed by atoms with Gasteiger partial charge in [-0.2, -0.15) is 0 Å². The molecular weight excluding hydrogens is 120 g/mol. The molecule has 0 aliphatic rings. The highest BCUT2D eigenvalue weighted by Gasteiger charge is 2.28. The van der Waals surface area contributed by atoms with E-state index in [2.05, 4.69) is 0 Å². The first-order valence-electron chi connectivity index (χ1n) is 2.93. The van der Waals surface area contributed by atoms with Crippen LogP contribution in [0.2, 0.25) is 0 Å². The van der Waals surface area contributed by atoms with Crippen molar-refractivity contribution >= 4 is 0 Å². The molecule has 1 radical (unpaired) electrons. The smallest absolute Gasteiger partial charge is 0.126 e. The molecule has 0 amide bonds. The van der Waals surface area contributed by atoms with Crippen LogP contribution < -0.4 is 0 Å². The fourth-order valence-electron chi connectivity index (χ4n) is 0.472. The molecule has 0 heterocycles. The number of hydrogen-bond acceptors (Lipinski definition) is 3. The number of aliphatic hydroxyl groups excluding tert-OH is 2. The van der Waals surface area contributed by atoms with Gasteiger partial charge in [0.15, 0.2) is 0 Å². The summed E-state index contributed by atoms with van der Waals surface area (Å²) in [5.74, 6) is 0. The van der Waals surface area contributed by atoms with Gasteiger partial charge in [-0.3, -0.25) is 0 Å². The first-order valence-corrected chi connectivity index (χ1v) is 2.93. The molecule has 0 aromatic rings. The van der Waals surface area contributed by atoms with Crippen LogP contribution in [0, 0.1) is 6.10 Å². The summed E-state index contributed by atoms with van der Waals surface area (Å²) >= 11 is 0. The largest absolute Gasteiger partial charge is 0.393 e. The molecule has 3 N–H and O–H groups in total. The molecule has 3 heteroatoms. The Morgan fingerprint density at radius 1 is 1.56 bits per heavy atom. The van der Waals surface area contributed by atoms with Gasteiger partial charge in [0.2, 0.25) is 0 Å². The van der Waals surface area contributed by atoms with Crippen molar-refractivity contribution in [1.82, 2.24) is 0 Å². The van der Waals surface area contributed by atoms with E-state index in [0.717, 1.165) is 0 Å². The van der Waals surface area contributed by atoms with Crippen LogP contribution in [0.4, 0.5) is 0 Å². The minimum atomic E-state index is -1.42. The van der Waals surface area contributed by atoms with Gasteiger partial charge >= 0.3 is 0 Å². The van der Waals surface area contributed by atoms with Crippen LogP contribution in [0.25, 0.3) is 0 Å². The van der Waals surface area contributed by atoms with Gasteiger partial charge in [-0.15, -0.1) is 0 Å². The molecule has 0 aromatic heterocycles. The number of rotatable bonds is 3. The second-order valence-electron chi connectivity index (χ2n) is 2.23. The third-order valence-electron chi connectivity index (χ3n) is 1.26. The molecule has 0 aliphatic carbocycles. The fraction of sp³-hybridized carbons (Fsp3) is 0.833. The van der Waals surface area contributed by atoms with Crippen LogP contribution in [0.3, 0.4) is 0 Å². The molecule has 9 heavy (non-hydrogen) atoms. The standard InChI is InChI=1S/C6H13O3/c1-3-5(8)6(2,9)4-7/h7-9H,3-4H2,1-2H3. The van der Waals surface area contributed by atoms with Crippen molar-refractivity contribution in [2.75, 3.05) is 6.61 Å². The Morgan fingerprint density at radius 3 is 2.11 bits per heavy atom. The van der Waals surface area contributed by atoms with Gasteiger partial charge in [0.05, 0.1) is 6.61 Å². The summed E-state index contributed by atoms with van der Waals surface area (Å²) in [7, 11) is 0. The molecule has 0 rings (SSSR count). The van der Waals surface area contributed by atoms with E-state index in [0.29, 0.717) is 6.42 Å². The van der Waals surface area contributed by atoms with Crippen LogP contribution in [0.15, 0.2) is 0 Å². The van der Waals surface area contributed by atoms with E-state index >= 15 is 0 Å². The molecular formula is C6H13O3. The van der Waals surface area contributed by atoms with E-state index in [1.807, 2.05) is 0 Å². The van der Waals surface area contributed by atoms with Crippen molar-refractivity contribution < 1.29 is 15.3 Å². The van der Waals surface area contributed by atoms with Crippen LogP contribution in [-0.4, -0.2) is 27.5 Å². The first kappa shape index (κ1) is 8.88. The molecule has 0 aromatic carbocycles.